The molecule has 0 saturated carbocycles. The zero-order valence-corrected chi connectivity index (χ0v) is 30.7. The Morgan fingerprint density at radius 3 is 1.29 bits per heavy atom. The SMILES string of the molecule is C.CC(=O)Cl.CO[Si](C)(C)CCCNC(C)=O.CO[Si](C)(CCCNC(C)=O)OC.CO[Si](CCCN)(OC)OC. The third-order valence-corrected chi connectivity index (χ3v) is 14.0. The first-order valence-corrected chi connectivity index (χ1v) is 21.1. The first-order chi connectivity index (χ1) is 18.5. The Morgan fingerprint density at radius 2 is 1.02 bits per heavy atom. The Morgan fingerprint density at radius 1 is 0.659 bits per heavy atom. The molecule has 2 amide bonds. The second-order valence-electron chi connectivity index (χ2n) is 9.34. The molecule has 0 saturated heterocycles. The number of halogens is 1. The zero-order valence-electron chi connectivity index (χ0n) is 27.0. The van der Waals surface area contributed by atoms with E-state index in [4.69, 9.17) is 32.3 Å². The van der Waals surface area contributed by atoms with E-state index in [2.05, 4.69) is 35.3 Å². The molecule has 0 unspecified atom stereocenters. The van der Waals surface area contributed by atoms with Gasteiger partial charge in [-0.3, -0.25) is 14.4 Å². The van der Waals surface area contributed by atoms with E-state index in [0.717, 1.165) is 43.9 Å². The summed E-state index contributed by atoms with van der Waals surface area (Å²) in [6.07, 6.45) is 2.80. The number of carbonyl (C=O) groups is 3. The van der Waals surface area contributed by atoms with Gasteiger partial charge in [0.25, 0.3) is 0 Å². The minimum Gasteiger partial charge on any atom is -0.420 e. The normalized spacial score (nSPS) is 10.8. The van der Waals surface area contributed by atoms with Gasteiger partial charge in [0.2, 0.25) is 17.1 Å². The molecule has 4 N–H and O–H groups in total. The lowest BCUT2D eigenvalue weighted by Crippen LogP contribution is -2.42. The van der Waals surface area contributed by atoms with Gasteiger partial charge in [-0.1, -0.05) is 7.43 Å². The summed E-state index contributed by atoms with van der Waals surface area (Å²) >= 11 is 4.64. The Balaban J connectivity index is -0.000000147. The molecule has 41 heavy (non-hydrogen) atoms. The summed E-state index contributed by atoms with van der Waals surface area (Å²) in [4.78, 5) is 30.3. The van der Waals surface area contributed by atoms with Crippen molar-refractivity contribution in [3.63, 3.8) is 0 Å². The highest BCUT2D eigenvalue weighted by Gasteiger charge is 2.36. The van der Waals surface area contributed by atoms with Gasteiger partial charge in [-0.05, 0) is 69.1 Å². The molecule has 0 aliphatic heterocycles. The third kappa shape index (κ3) is 37.2. The first-order valence-electron chi connectivity index (χ1n) is 13.2. The Bertz CT molecular complexity index is 632. The minimum atomic E-state index is -2.32. The Hall–Kier alpha value is -0.729. The largest absolute Gasteiger partial charge is 0.500 e. The average Bonchev–Trinajstić information content (AvgIpc) is 2.90. The summed E-state index contributed by atoms with van der Waals surface area (Å²) in [7, 11) is 4.30. The topological polar surface area (TPSA) is 157 Å². The van der Waals surface area contributed by atoms with E-state index < -0.39 is 25.7 Å². The molecule has 0 bridgehead atoms. The van der Waals surface area contributed by atoms with Crippen LogP contribution in [-0.4, -0.2) is 105 Å². The number of nitrogens with one attached hydrogen (secondary N) is 2. The molecule has 0 spiro atoms. The van der Waals surface area contributed by atoms with E-state index in [9.17, 15) is 14.4 Å². The van der Waals surface area contributed by atoms with Gasteiger partial charge in [0, 0.05) is 82.6 Å². The van der Waals surface area contributed by atoms with Gasteiger partial charge in [-0.2, -0.15) is 0 Å². The van der Waals surface area contributed by atoms with E-state index >= 15 is 0 Å². The predicted octanol–water partition coefficient (Wildman–Crippen LogP) is 3.86. The number of hydrogen-bond donors (Lipinski definition) is 3. The molecule has 0 rings (SSSR count). The lowest BCUT2D eigenvalue weighted by atomic mass is 10.5. The molecule has 0 aromatic rings. The summed E-state index contributed by atoms with van der Waals surface area (Å²) < 4.78 is 31.5. The third-order valence-electron chi connectivity index (χ3n) is 5.55. The van der Waals surface area contributed by atoms with Gasteiger partial charge in [0.05, 0.1) is 0 Å². The number of nitrogens with two attached hydrogens (primary N) is 1. The van der Waals surface area contributed by atoms with Crippen molar-refractivity contribution in [2.45, 2.75) is 85.2 Å². The Kier molecular flexibility index (Phi) is 37.4. The maximum Gasteiger partial charge on any atom is 0.500 e. The second-order valence-corrected chi connectivity index (χ2v) is 21.0. The molecule has 0 atom stereocenters. The molecule has 0 aromatic carbocycles. The quantitative estimate of drug-likeness (QED) is 0.118. The van der Waals surface area contributed by atoms with Gasteiger partial charge in [-0.25, -0.2) is 0 Å². The standard InChI is InChI=1S/C8H19NO3Si.C8H19NO2Si.C6H17NO3Si.C2H3ClO.CH4/c1-8(10)9-6-5-7-13(4,11-2)12-3;1-8(10)9-6-5-7-12(3,4)11-2;1-8-11(9-2,10-3)6-4-5-7;1-2(3)4;/h5-7H2,1-4H3,(H,9,10);5-7H2,1-4H3,(H,9,10);4-7H2,1-3H3;1H3;1H4. The van der Waals surface area contributed by atoms with Crippen LogP contribution in [0.2, 0.25) is 37.8 Å². The zero-order chi connectivity index (χ0) is 32.3. The van der Waals surface area contributed by atoms with Crippen LogP contribution in [0.5, 0.6) is 0 Å². The van der Waals surface area contributed by atoms with E-state index in [-0.39, 0.29) is 24.5 Å². The van der Waals surface area contributed by atoms with Crippen molar-refractivity contribution in [1.29, 1.82) is 0 Å². The van der Waals surface area contributed by atoms with E-state index in [1.165, 1.54) is 13.8 Å². The molecule has 16 heteroatoms. The molecule has 0 fully saturated rings. The fourth-order valence-corrected chi connectivity index (χ4v) is 7.09. The second kappa shape index (κ2) is 30.7. The lowest BCUT2D eigenvalue weighted by Gasteiger charge is -2.23. The molecule has 0 heterocycles. The van der Waals surface area contributed by atoms with Crippen LogP contribution in [0, 0.1) is 0 Å². The summed E-state index contributed by atoms with van der Waals surface area (Å²) in [5.41, 5.74) is 5.36. The highest BCUT2D eigenvalue weighted by atomic mass is 35.5. The predicted molar refractivity (Wildman–Crippen MR) is 175 cm³/mol. The number of rotatable bonds is 17. The van der Waals surface area contributed by atoms with E-state index in [1.54, 1.807) is 49.6 Å². The van der Waals surface area contributed by atoms with Crippen molar-refractivity contribution < 1.29 is 40.9 Å². The number of hydrogen-bond acceptors (Lipinski definition) is 10. The molecular weight excluding hydrogens is 606 g/mol. The molecular formula is C25H62ClN3O9Si3. The molecule has 0 radical (unpaired) electrons. The first kappa shape index (κ1) is 49.9. The fourth-order valence-electron chi connectivity index (χ4n) is 2.72. The summed E-state index contributed by atoms with van der Waals surface area (Å²) in [6, 6.07) is 2.79. The van der Waals surface area contributed by atoms with Crippen LogP contribution in [-0.2, 0) is 40.9 Å². The molecule has 250 valence electrons. The van der Waals surface area contributed by atoms with Crippen LogP contribution in [0.15, 0.2) is 0 Å². The van der Waals surface area contributed by atoms with Crippen molar-refractivity contribution in [3.8, 4) is 0 Å². The summed E-state index contributed by atoms with van der Waals surface area (Å²) in [5, 5.41) is 5.15. The van der Waals surface area contributed by atoms with Crippen LogP contribution < -0.4 is 16.4 Å². The molecule has 0 aliphatic rings. The molecule has 0 aliphatic carbocycles. The summed E-state index contributed by atoms with van der Waals surface area (Å²) in [6.45, 7) is 12.8. The van der Waals surface area contributed by atoms with Crippen molar-refractivity contribution in [2.24, 2.45) is 5.73 Å². The summed E-state index contributed by atoms with van der Waals surface area (Å²) in [5.74, 6) is 0.0603. The smallest absolute Gasteiger partial charge is 0.420 e. The number of amides is 2. The van der Waals surface area contributed by atoms with Crippen molar-refractivity contribution >= 4 is 54.3 Å². The van der Waals surface area contributed by atoms with Gasteiger partial charge in [0.15, 0.2) is 8.32 Å². The van der Waals surface area contributed by atoms with Crippen LogP contribution >= 0.6 is 11.6 Å². The fraction of sp³-hybridized carbons (Fsp3) is 0.880. The van der Waals surface area contributed by atoms with E-state index in [1.807, 2.05) is 6.55 Å². The van der Waals surface area contributed by atoms with Gasteiger partial charge < -0.3 is 42.9 Å². The maximum absolute atomic E-state index is 10.5. The van der Waals surface area contributed by atoms with Crippen molar-refractivity contribution in [1.82, 2.24) is 10.6 Å². The highest BCUT2D eigenvalue weighted by Crippen LogP contribution is 2.14. The average molecular weight is 668 g/mol. The van der Waals surface area contributed by atoms with Crippen LogP contribution in [0.4, 0.5) is 0 Å². The minimum absolute atomic E-state index is 0. The Labute approximate surface area is 258 Å². The lowest BCUT2D eigenvalue weighted by molar-refractivity contribution is -0.119. The van der Waals surface area contributed by atoms with Gasteiger partial charge in [0.1, 0.15) is 0 Å². The van der Waals surface area contributed by atoms with E-state index in [0.29, 0.717) is 13.1 Å². The molecule has 0 aromatic heterocycles. The van der Waals surface area contributed by atoms with Crippen molar-refractivity contribution in [3.05, 3.63) is 0 Å². The molecule has 12 nitrogen and oxygen atoms in total. The van der Waals surface area contributed by atoms with Crippen LogP contribution in [0.1, 0.15) is 47.5 Å². The van der Waals surface area contributed by atoms with Crippen molar-refractivity contribution in [2.75, 3.05) is 62.3 Å². The van der Waals surface area contributed by atoms with Gasteiger partial charge >= 0.3 is 17.4 Å². The van der Waals surface area contributed by atoms with Crippen LogP contribution in [0.25, 0.3) is 0 Å². The number of carbonyl (C=O) groups excluding carboxylic acids is 3. The van der Waals surface area contributed by atoms with Crippen LogP contribution in [0.3, 0.4) is 0 Å². The van der Waals surface area contributed by atoms with Gasteiger partial charge in [-0.15, -0.1) is 0 Å². The maximum atomic E-state index is 10.5. The highest BCUT2D eigenvalue weighted by molar-refractivity contribution is 6.71. The monoisotopic (exact) mass is 667 g/mol.